The Hall–Kier alpha value is -1.13. The fourth-order valence-electron chi connectivity index (χ4n) is 2.83. The summed E-state index contributed by atoms with van der Waals surface area (Å²) in [5.41, 5.74) is 0. The van der Waals surface area contributed by atoms with Gasteiger partial charge in [-0.3, -0.25) is 4.79 Å². The van der Waals surface area contributed by atoms with Crippen molar-refractivity contribution in [3.05, 3.63) is 23.4 Å². The van der Waals surface area contributed by atoms with Gasteiger partial charge in [-0.25, -0.2) is 4.98 Å². The molecule has 2 aliphatic rings. The van der Waals surface area contributed by atoms with E-state index in [-0.39, 0.29) is 11.9 Å². The summed E-state index contributed by atoms with van der Waals surface area (Å²) in [6.07, 6.45) is 3.48. The number of anilines is 1. The number of rotatable bonds is 2. The average molecular weight is 252 g/mol. The number of amides is 1. The van der Waals surface area contributed by atoms with E-state index >= 15 is 0 Å². The van der Waals surface area contributed by atoms with Crippen molar-refractivity contribution in [3.8, 4) is 0 Å². The number of hydrogen-bond donors (Lipinski definition) is 2. The zero-order chi connectivity index (χ0) is 11.8. The Balaban J connectivity index is 1.68. The molecule has 2 heterocycles. The van der Waals surface area contributed by atoms with Gasteiger partial charge in [0, 0.05) is 6.04 Å². The number of fused-ring (bicyclic) bond motifs is 2. The second kappa shape index (κ2) is 4.27. The van der Waals surface area contributed by atoms with Gasteiger partial charge in [0.15, 0.2) is 0 Å². The van der Waals surface area contributed by atoms with Crippen molar-refractivity contribution >= 4 is 23.3 Å². The molecule has 4 nitrogen and oxygen atoms in total. The zero-order valence-corrected chi connectivity index (χ0v) is 10.1. The minimum absolute atomic E-state index is 0.00645. The third kappa shape index (κ3) is 2.15. The summed E-state index contributed by atoms with van der Waals surface area (Å²) in [4.78, 5) is 16.1. The van der Waals surface area contributed by atoms with E-state index in [9.17, 15) is 4.79 Å². The Bertz CT molecular complexity index is 451. The predicted octanol–water partition coefficient (Wildman–Crippen LogP) is 1.81. The van der Waals surface area contributed by atoms with Gasteiger partial charge in [0.1, 0.15) is 11.0 Å². The van der Waals surface area contributed by atoms with Gasteiger partial charge in [0.05, 0.1) is 6.04 Å². The molecule has 1 aliphatic heterocycles. The third-order valence-electron chi connectivity index (χ3n) is 3.61. The largest absolute Gasteiger partial charge is 0.309 e. The van der Waals surface area contributed by atoms with Crippen molar-refractivity contribution in [2.24, 2.45) is 5.92 Å². The summed E-state index contributed by atoms with van der Waals surface area (Å²) in [7, 11) is 0. The van der Waals surface area contributed by atoms with Crippen LogP contribution >= 0.6 is 11.6 Å². The molecule has 2 N–H and O–H groups in total. The van der Waals surface area contributed by atoms with Crippen LogP contribution in [-0.2, 0) is 4.79 Å². The quantitative estimate of drug-likeness (QED) is 0.789. The molecule has 2 fully saturated rings. The zero-order valence-electron chi connectivity index (χ0n) is 9.32. The van der Waals surface area contributed by atoms with Crippen LogP contribution in [0.4, 0.5) is 5.82 Å². The van der Waals surface area contributed by atoms with Gasteiger partial charge in [-0.2, -0.15) is 0 Å². The Morgan fingerprint density at radius 1 is 1.47 bits per heavy atom. The van der Waals surface area contributed by atoms with Crippen LogP contribution < -0.4 is 10.6 Å². The Kier molecular flexibility index (Phi) is 2.76. The van der Waals surface area contributed by atoms with E-state index in [1.165, 1.54) is 6.42 Å². The second-order valence-electron chi connectivity index (χ2n) is 4.75. The molecule has 0 unspecified atom stereocenters. The van der Waals surface area contributed by atoms with E-state index in [2.05, 4.69) is 15.6 Å². The molecule has 1 saturated heterocycles. The molecule has 2 bridgehead atoms. The summed E-state index contributed by atoms with van der Waals surface area (Å²) in [6, 6.07) is 5.68. The lowest BCUT2D eigenvalue weighted by molar-refractivity contribution is -0.119. The highest BCUT2D eigenvalue weighted by molar-refractivity contribution is 6.29. The minimum Gasteiger partial charge on any atom is -0.309 e. The maximum absolute atomic E-state index is 12.1. The molecule has 0 aromatic carbocycles. The predicted molar refractivity (Wildman–Crippen MR) is 65.9 cm³/mol. The van der Waals surface area contributed by atoms with Crippen LogP contribution in [0.5, 0.6) is 0 Å². The smallest absolute Gasteiger partial charge is 0.242 e. The number of aromatic nitrogens is 1. The van der Waals surface area contributed by atoms with E-state index in [0.29, 0.717) is 22.9 Å². The molecule has 17 heavy (non-hydrogen) atoms. The molecule has 1 aliphatic carbocycles. The first-order chi connectivity index (χ1) is 8.22. The topological polar surface area (TPSA) is 54.0 Å². The van der Waals surface area contributed by atoms with Gasteiger partial charge < -0.3 is 10.6 Å². The monoisotopic (exact) mass is 251 g/mol. The number of hydrogen-bond acceptors (Lipinski definition) is 3. The van der Waals surface area contributed by atoms with Crippen molar-refractivity contribution in [2.45, 2.75) is 31.3 Å². The molecule has 5 heteroatoms. The first-order valence-electron chi connectivity index (χ1n) is 5.92. The number of pyridine rings is 1. The maximum atomic E-state index is 12.1. The van der Waals surface area contributed by atoms with Crippen LogP contribution in [0.15, 0.2) is 18.2 Å². The van der Waals surface area contributed by atoms with Crippen molar-refractivity contribution in [3.63, 3.8) is 0 Å². The molecule has 0 radical (unpaired) electrons. The standard InChI is InChI=1S/C12H14ClN3O/c13-9-2-1-3-10(15-9)16-12(17)11-7-4-5-8(6-7)14-11/h1-3,7-8,11,14H,4-6H2,(H,15,16,17)/t7-,8+,11-/m0/s1. The summed E-state index contributed by atoms with van der Waals surface area (Å²) in [6.45, 7) is 0. The van der Waals surface area contributed by atoms with E-state index < -0.39 is 0 Å². The van der Waals surface area contributed by atoms with Crippen LogP contribution in [0.2, 0.25) is 5.15 Å². The van der Waals surface area contributed by atoms with E-state index in [4.69, 9.17) is 11.6 Å². The van der Waals surface area contributed by atoms with Gasteiger partial charge in [0.2, 0.25) is 5.91 Å². The molecule has 3 rings (SSSR count). The Morgan fingerprint density at radius 3 is 3.00 bits per heavy atom. The van der Waals surface area contributed by atoms with Crippen LogP contribution in [0, 0.1) is 5.92 Å². The van der Waals surface area contributed by atoms with Gasteiger partial charge in [-0.15, -0.1) is 0 Å². The van der Waals surface area contributed by atoms with E-state index in [1.54, 1.807) is 18.2 Å². The lowest BCUT2D eigenvalue weighted by Crippen LogP contribution is -2.44. The lowest BCUT2D eigenvalue weighted by atomic mass is 9.99. The molecule has 90 valence electrons. The van der Waals surface area contributed by atoms with Crippen LogP contribution in [-0.4, -0.2) is 23.0 Å². The molecule has 0 spiro atoms. The molecule has 1 aromatic heterocycles. The molecule has 1 saturated carbocycles. The first kappa shape index (κ1) is 11.0. The first-order valence-corrected chi connectivity index (χ1v) is 6.29. The highest BCUT2D eigenvalue weighted by Crippen LogP contribution is 2.35. The van der Waals surface area contributed by atoms with Crippen LogP contribution in [0.3, 0.4) is 0 Å². The second-order valence-corrected chi connectivity index (χ2v) is 5.14. The number of piperidine rings is 1. The fourth-order valence-corrected chi connectivity index (χ4v) is 3.00. The number of nitrogens with one attached hydrogen (secondary N) is 2. The molecule has 3 atom stereocenters. The summed E-state index contributed by atoms with van der Waals surface area (Å²) >= 11 is 5.77. The van der Waals surface area contributed by atoms with E-state index in [1.807, 2.05) is 0 Å². The van der Waals surface area contributed by atoms with Crippen LogP contribution in [0.1, 0.15) is 19.3 Å². The van der Waals surface area contributed by atoms with Gasteiger partial charge in [-0.1, -0.05) is 17.7 Å². The highest BCUT2D eigenvalue weighted by atomic mass is 35.5. The number of nitrogens with zero attached hydrogens (tertiary/aromatic N) is 1. The molecule has 1 aromatic rings. The van der Waals surface area contributed by atoms with E-state index in [0.717, 1.165) is 12.8 Å². The molecular weight excluding hydrogens is 238 g/mol. The Labute approximate surface area is 105 Å². The summed E-state index contributed by atoms with van der Waals surface area (Å²) in [5, 5.41) is 6.56. The Morgan fingerprint density at radius 2 is 2.35 bits per heavy atom. The number of carbonyl (C=O) groups excluding carboxylic acids is 1. The summed E-state index contributed by atoms with van der Waals surface area (Å²) < 4.78 is 0. The minimum atomic E-state index is -0.0606. The average Bonchev–Trinajstić information content (AvgIpc) is 2.90. The summed E-state index contributed by atoms with van der Waals surface area (Å²) in [5.74, 6) is 1.01. The number of halogens is 1. The van der Waals surface area contributed by atoms with Gasteiger partial charge >= 0.3 is 0 Å². The normalized spacial score (nSPS) is 30.5. The fraction of sp³-hybridized carbons (Fsp3) is 0.500. The lowest BCUT2D eigenvalue weighted by Gasteiger charge is -2.21. The van der Waals surface area contributed by atoms with Crippen molar-refractivity contribution < 1.29 is 4.79 Å². The highest BCUT2D eigenvalue weighted by Gasteiger charge is 2.42. The van der Waals surface area contributed by atoms with Gasteiger partial charge in [-0.05, 0) is 37.3 Å². The van der Waals surface area contributed by atoms with Crippen LogP contribution in [0.25, 0.3) is 0 Å². The third-order valence-corrected chi connectivity index (χ3v) is 3.82. The van der Waals surface area contributed by atoms with Crippen molar-refractivity contribution in [1.82, 2.24) is 10.3 Å². The maximum Gasteiger partial charge on any atom is 0.242 e. The number of carbonyl (C=O) groups is 1. The van der Waals surface area contributed by atoms with Crippen molar-refractivity contribution in [1.29, 1.82) is 0 Å². The van der Waals surface area contributed by atoms with Crippen molar-refractivity contribution in [2.75, 3.05) is 5.32 Å². The van der Waals surface area contributed by atoms with Gasteiger partial charge in [0.25, 0.3) is 0 Å². The molecule has 1 amide bonds. The SMILES string of the molecule is O=C(Nc1cccc(Cl)n1)[C@H]1N[C@@H]2CC[C@H]1C2. The molecular formula is C12H14ClN3O.